The molecule has 3 heteroatoms. The predicted molar refractivity (Wildman–Crippen MR) is 60.8 cm³/mol. The molecule has 74 valence electrons. The van der Waals surface area contributed by atoms with Crippen molar-refractivity contribution < 1.29 is 0 Å². The highest BCUT2D eigenvalue weighted by Gasteiger charge is 1.83. The average molecular weight is 181 g/mol. The second-order valence-electron chi connectivity index (χ2n) is 2.33. The molecule has 0 amide bonds. The van der Waals surface area contributed by atoms with Crippen molar-refractivity contribution in [2.75, 3.05) is 13.6 Å². The Bertz CT molecular complexity index is 202. The highest BCUT2D eigenvalue weighted by atomic mass is 14.8. The van der Waals surface area contributed by atoms with Crippen LogP contribution in [0.5, 0.6) is 0 Å². The Morgan fingerprint density at radius 2 is 1.85 bits per heavy atom. The summed E-state index contributed by atoms with van der Waals surface area (Å²) >= 11 is 0. The smallest absolute Gasteiger partial charge is 0.0801 e. The minimum absolute atomic E-state index is 0.556. The number of nitrogens with zero attached hydrogens (tertiary/aromatic N) is 1. The summed E-state index contributed by atoms with van der Waals surface area (Å²) < 4.78 is 0. The van der Waals surface area contributed by atoms with Crippen molar-refractivity contribution in [3.8, 4) is 0 Å². The van der Waals surface area contributed by atoms with Gasteiger partial charge in [0.05, 0.1) is 12.9 Å². The molecule has 0 aromatic heterocycles. The summed E-state index contributed by atoms with van der Waals surface area (Å²) in [5.74, 6) is 0. The first kappa shape index (κ1) is 14.2. The van der Waals surface area contributed by atoms with Crippen molar-refractivity contribution >= 4 is 6.34 Å². The Hall–Kier alpha value is -1.35. The Morgan fingerprint density at radius 3 is 2.23 bits per heavy atom. The topological polar surface area (TPSA) is 64.4 Å². The van der Waals surface area contributed by atoms with Crippen molar-refractivity contribution in [3.05, 3.63) is 36.5 Å². The maximum Gasteiger partial charge on any atom is 0.0801 e. The Labute approximate surface area is 80.5 Å². The molecule has 0 aromatic rings. The van der Waals surface area contributed by atoms with Crippen LogP contribution in [0.4, 0.5) is 0 Å². The lowest BCUT2D eigenvalue weighted by atomic mass is 10.2. The van der Waals surface area contributed by atoms with Crippen LogP contribution in [-0.4, -0.2) is 19.9 Å². The normalized spacial score (nSPS) is 9.77. The van der Waals surface area contributed by atoms with Gasteiger partial charge in [0.1, 0.15) is 0 Å². The third-order valence-electron chi connectivity index (χ3n) is 1.00. The van der Waals surface area contributed by atoms with Crippen LogP contribution in [0.2, 0.25) is 0 Å². The van der Waals surface area contributed by atoms with E-state index in [1.807, 2.05) is 19.1 Å². The number of allylic oxidation sites excluding steroid dienone is 2. The minimum atomic E-state index is 0.556. The van der Waals surface area contributed by atoms with Gasteiger partial charge in [-0.25, -0.2) is 0 Å². The van der Waals surface area contributed by atoms with Crippen molar-refractivity contribution in [1.82, 2.24) is 0 Å². The zero-order valence-corrected chi connectivity index (χ0v) is 8.46. The zero-order valence-electron chi connectivity index (χ0n) is 8.46. The van der Waals surface area contributed by atoms with Crippen molar-refractivity contribution in [3.63, 3.8) is 0 Å². The molecule has 0 radical (unpaired) electrons. The van der Waals surface area contributed by atoms with Gasteiger partial charge in [-0.1, -0.05) is 30.9 Å². The third-order valence-corrected chi connectivity index (χ3v) is 1.00. The maximum absolute atomic E-state index is 5.06. The van der Waals surface area contributed by atoms with Gasteiger partial charge in [0.2, 0.25) is 0 Å². The first-order valence-corrected chi connectivity index (χ1v) is 3.96. The summed E-state index contributed by atoms with van der Waals surface area (Å²) in [5.41, 5.74) is 11.5. The van der Waals surface area contributed by atoms with E-state index >= 15 is 0 Å². The fraction of sp³-hybridized carbons (Fsp3) is 0.300. The lowest BCUT2D eigenvalue weighted by molar-refractivity contribution is 1.19. The number of aliphatic imine (C=N–C) groups is 1. The van der Waals surface area contributed by atoms with Crippen molar-refractivity contribution in [2.24, 2.45) is 16.5 Å². The van der Waals surface area contributed by atoms with Crippen LogP contribution in [0.3, 0.4) is 0 Å². The molecule has 0 heterocycles. The van der Waals surface area contributed by atoms with Gasteiger partial charge in [0, 0.05) is 0 Å². The summed E-state index contributed by atoms with van der Waals surface area (Å²) in [5, 5.41) is 0. The summed E-state index contributed by atoms with van der Waals surface area (Å²) in [6, 6.07) is 0. The van der Waals surface area contributed by atoms with E-state index in [0.717, 1.165) is 11.1 Å². The lowest BCUT2D eigenvalue weighted by Crippen LogP contribution is -1.91. The third kappa shape index (κ3) is 13.6. The van der Waals surface area contributed by atoms with Gasteiger partial charge < -0.3 is 11.5 Å². The number of hydrogen-bond acceptors (Lipinski definition) is 2. The summed E-state index contributed by atoms with van der Waals surface area (Å²) in [6.07, 6.45) is 5.06. The molecule has 0 saturated heterocycles. The second-order valence-corrected chi connectivity index (χ2v) is 2.33. The van der Waals surface area contributed by atoms with Gasteiger partial charge in [0.15, 0.2) is 0 Å². The lowest BCUT2D eigenvalue weighted by Gasteiger charge is -1.91. The van der Waals surface area contributed by atoms with Crippen LogP contribution in [0, 0.1) is 0 Å². The number of rotatable bonds is 4. The van der Waals surface area contributed by atoms with Gasteiger partial charge in [-0.2, -0.15) is 0 Å². The molecular weight excluding hydrogens is 162 g/mol. The van der Waals surface area contributed by atoms with E-state index in [0.29, 0.717) is 6.54 Å². The van der Waals surface area contributed by atoms with E-state index in [9.17, 15) is 0 Å². The molecule has 0 atom stereocenters. The standard InChI is InChI=1S/C9H14N2.CH5N/c1-8(2)4-5-9(3)6-11-7-10;1-2/h4-5,7H,1,3,6H2,2H3,(H2,10,11);2H2,1H3/b5-4-;. The van der Waals surface area contributed by atoms with Gasteiger partial charge in [0.25, 0.3) is 0 Å². The second kappa shape index (κ2) is 10.7. The monoisotopic (exact) mass is 181 g/mol. The molecule has 0 rings (SSSR count). The predicted octanol–water partition coefficient (Wildman–Crippen LogP) is 1.24. The maximum atomic E-state index is 5.06. The van der Waals surface area contributed by atoms with Crippen molar-refractivity contribution in [1.29, 1.82) is 0 Å². The van der Waals surface area contributed by atoms with Gasteiger partial charge in [-0.15, -0.1) is 0 Å². The molecule has 0 fully saturated rings. The molecule has 3 nitrogen and oxygen atoms in total. The van der Waals surface area contributed by atoms with Crippen LogP contribution in [-0.2, 0) is 0 Å². The molecule has 0 spiro atoms. The molecule has 0 unspecified atom stereocenters. The van der Waals surface area contributed by atoms with E-state index in [1.54, 1.807) is 0 Å². The molecule has 4 N–H and O–H groups in total. The molecule has 0 aliphatic heterocycles. The number of nitrogens with two attached hydrogens (primary N) is 2. The molecule has 0 aliphatic rings. The molecule has 0 aliphatic carbocycles. The van der Waals surface area contributed by atoms with Crippen LogP contribution < -0.4 is 11.5 Å². The van der Waals surface area contributed by atoms with Crippen LogP contribution in [0.25, 0.3) is 0 Å². The van der Waals surface area contributed by atoms with Gasteiger partial charge in [-0.3, -0.25) is 4.99 Å². The fourth-order valence-corrected chi connectivity index (χ4v) is 0.483. The van der Waals surface area contributed by atoms with Gasteiger partial charge >= 0.3 is 0 Å². The highest BCUT2D eigenvalue weighted by Crippen LogP contribution is 1.96. The summed E-state index contributed by atoms with van der Waals surface area (Å²) in [7, 11) is 1.50. The highest BCUT2D eigenvalue weighted by molar-refractivity contribution is 5.51. The average Bonchev–Trinajstić information content (AvgIpc) is 2.14. The van der Waals surface area contributed by atoms with E-state index in [1.165, 1.54) is 13.4 Å². The van der Waals surface area contributed by atoms with Gasteiger partial charge in [-0.05, 0) is 19.5 Å². The quantitative estimate of drug-likeness (QED) is 0.389. The van der Waals surface area contributed by atoms with Crippen LogP contribution >= 0.6 is 0 Å². The summed E-state index contributed by atoms with van der Waals surface area (Å²) in [6.45, 7) is 9.97. The molecule has 13 heavy (non-hydrogen) atoms. The molecule has 0 saturated carbocycles. The Kier molecular flexibility index (Phi) is 11.6. The minimum Gasteiger partial charge on any atom is -0.390 e. The molecule has 0 aromatic carbocycles. The largest absolute Gasteiger partial charge is 0.390 e. The Balaban J connectivity index is 0. The first-order chi connectivity index (χ1) is 6.16. The van der Waals surface area contributed by atoms with E-state index in [-0.39, 0.29) is 0 Å². The summed E-state index contributed by atoms with van der Waals surface area (Å²) in [4.78, 5) is 3.82. The van der Waals surface area contributed by atoms with Crippen molar-refractivity contribution in [2.45, 2.75) is 6.92 Å². The number of hydrogen-bond donors (Lipinski definition) is 2. The van der Waals surface area contributed by atoms with E-state index in [4.69, 9.17) is 5.73 Å². The van der Waals surface area contributed by atoms with Crippen LogP contribution in [0.1, 0.15) is 6.92 Å². The van der Waals surface area contributed by atoms with E-state index in [2.05, 4.69) is 23.9 Å². The SMILES string of the molecule is C=C(C)/C=C\C(=C)CN=CN.CN. The fourth-order valence-electron chi connectivity index (χ4n) is 0.483. The molecular formula is C10H19N3. The first-order valence-electron chi connectivity index (χ1n) is 3.96. The zero-order chi connectivity index (χ0) is 10.7. The molecule has 0 bridgehead atoms. The van der Waals surface area contributed by atoms with E-state index < -0.39 is 0 Å². The Morgan fingerprint density at radius 1 is 1.31 bits per heavy atom. The van der Waals surface area contributed by atoms with Crippen LogP contribution in [0.15, 0.2) is 41.4 Å².